The van der Waals surface area contributed by atoms with E-state index in [9.17, 15) is 4.79 Å². The van der Waals surface area contributed by atoms with E-state index >= 15 is 0 Å². The van der Waals surface area contributed by atoms with Crippen molar-refractivity contribution < 1.29 is 4.79 Å². The second kappa shape index (κ2) is 8.52. The van der Waals surface area contributed by atoms with Crippen molar-refractivity contribution in [3.8, 4) is 0 Å². The van der Waals surface area contributed by atoms with E-state index in [2.05, 4.69) is 35.1 Å². The Morgan fingerprint density at radius 2 is 1.65 bits per heavy atom. The number of piperazine rings is 1. The van der Waals surface area contributed by atoms with E-state index in [1.165, 1.54) is 0 Å². The average Bonchev–Trinajstić information content (AvgIpc) is 2.68. The molecule has 0 aliphatic carbocycles. The van der Waals surface area contributed by atoms with Crippen molar-refractivity contribution in [1.82, 2.24) is 30.2 Å². The van der Waals surface area contributed by atoms with Gasteiger partial charge in [-0.05, 0) is 26.2 Å². The number of nitrogens with one attached hydrogen (secondary N) is 1. The summed E-state index contributed by atoms with van der Waals surface area (Å²) >= 11 is 0. The fourth-order valence-electron chi connectivity index (χ4n) is 2.67. The average molecular weight is 356 g/mol. The molecular formula is C17H24N8O. The van der Waals surface area contributed by atoms with Crippen LogP contribution in [0.5, 0.6) is 0 Å². The fourth-order valence-corrected chi connectivity index (χ4v) is 2.67. The Morgan fingerprint density at radius 3 is 2.31 bits per heavy atom. The number of nitrogens with zero attached hydrogens (tertiary/aromatic N) is 7. The first-order valence-electron chi connectivity index (χ1n) is 8.66. The highest BCUT2D eigenvalue weighted by atomic mass is 16.1. The summed E-state index contributed by atoms with van der Waals surface area (Å²) in [7, 11) is 3.93. The van der Waals surface area contributed by atoms with Gasteiger partial charge in [0.05, 0.1) is 0 Å². The van der Waals surface area contributed by atoms with Gasteiger partial charge in [-0.1, -0.05) is 0 Å². The van der Waals surface area contributed by atoms with Gasteiger partial charge >= 0.3 is 0 Å². The Kier molecular flexibility index (Phi) is 5.90. The summed E-state index contributed by atoms with van der Waals surface area (Å²) < 4.78 is 0. The third-order valence-electron chi connectivity index (χ3n) is 4.12. The van der Waals surface area contributed by atoms with E-state index in [4.69, 9.17) is 0 Å². The summed E-state index contributed by atoms with van der Waals surface area (Å²) in [6.07, 6.45) is 5.13. The van der Waals surface area contributed by atoms with Crippen LogP contribution in [0.1, 0.15) is 10.5 Å². The highest BCUT2D eigenvalue weighted by Crippen LogP contribution is 2.14. The van der Waals surface area contributed by atoms with Crippen LogP contribution in [0.15, 0.2) is 30.7 Å². The molecule has 9 nitrogen and oxygen atoms in total. The molecule has 9 heteroatoms. The second-order valence-electron chi connectivity index (χ2n) is 6.32. The predicted molar refractivity (Wildman–Crippen MR) is 99.4 cm³/mol. The molecule has 138 valence electrons. The summed E-state index contributed by atoms with van der Waals surface area (Å²) in [5.74, 6) is 1.15. The van der Waals surface area contributed by atoms with Gasteiger partial charge in [-0.3, -0.25) is 4.79 Å². The number of likely N-dealkylation sites (N-methyl/N-ethyl adjacent to an activating group) is 1. The number of anilines is 2. The number of rotatable bonds is 6. The summed E-state index contributed by atoms with van der Waals surface area (Å²) in [5, 5.41) is 2.87. The molecule has 0 aromatic carbocycles. The lowest BCUT2D eigenvalue weighted by molar-refractivity contribution is 0.0946. The van der Waals surface area contributed by atoms with Crippen LogP contribution in [0.3, 0.4) is 0 Å². The van der Waals surface area contributed by atoms with E-state index in [0.717, 1.165) is 38.7 Å². The lowest BCUT2D eigenvalue weighted by Gasteiger charge is -2.34. The maximum atomic E-state index is 12.2. The third-order valence-corrected chi connectivity index (χ3v) is 4.12. The van der Waals surface area contributed by atoms with Gasteiger partial charge in [-0.2, -0.15) is 0 Å². The summed E-state index contributed by atoms with van der Waals surface area (Å²) in [4.78, 5) is 35.8. The molecule has 0 bridgehead atoms. The smallest absolute Gasteiger partial charge is 0.270 e. The van der Waals surface area contributed by atoms with E-state index < -0.39 is 0 Å². The van der Waals surface area contributed by atoms with Gasteiger partial charge in [-0.15, -0.1) is 0 Å². The molecule has 3 heterocycles. The predicted octanol–water partition coefficient (Wildman–Crippen LogP) is -0.115. The Morgan fingerprint density at radius 1 is 1.04 bits per heavy atom. The molecule has 1 N–H and O–H groups in total. The van der Waals surface area contributed by atoms with Crippen molar-refractivity contribution in [2.75, 3.05) is 63.2 Å². The fraction of sp³-hybridized carbons (Fsp3) is 0.471. The quantitative estimate of drug-likeness (QED) is 0.766. The number of amides is 1. The molecule has 0 saturated carbocycles. The van der Waals surface area contributed by atoms with E-state index in [1.807, 2.05) is 25.1 Å². The molecule has 3 rings (SSSR count). The van der Waals surface area contributed by atoms with Crippen LogP contribution in [0, 0.1) is 0 Å². The molecule has 26 heavy (non-hydrogen) atoms. The summed E-state index contributed by atoms with van der Waals surface area (Å²) in [6, 6.07) is 3.45. The minimum Gasteiger partial charge on any atom is -0.349 e. The normalized spacial score (nSPS) is 14.6. The van der Waals surface area contributed by atoms with E-state index in [1.54, 1.807) is 24.7 Å². The van der Waals surface area contributed by atoms with Gasteiger partial charge in [0.2, 0.25) is 11.9 Å². The highest BCUT2D eigenvalue weighted by Gasteiger charge is 2.21. The van der Waals surface area contributed by atoms with Crippen molar-refractivity contribution in [3.05, 3.63) is 36.4 Å². The zero-order chi connectivity index (χ0) is 18.4. The van der Waals surface area contributed by atoms with Crippen LogP contribution < -0.4 is 15.1 Å². The SMILES string of the molecule is CN(C)CCNC(=O)c1ccnc(N2CCN(c3ncccn3)CC2)n1. The zero-order valence-electron chi connectivity index (χ0n) is 15.2. The molecule has 0 spiro atoms. The number of hydrogen-bond acceptors (Lipinski definition) is 8. The van der Waals surface area contributed by atoms with Crippen LogP contribution in [-0.4, -0.2) is 84.1 Å². The van der Waals surface area contributed by atoms with Crippen molar-refractivity contribution in [3.63, 3.8) is 0 Å². The maximum Gasteiger partial charge on any atom is 0.270 e. The summed E-state index contributed by atoms with van der Waals surface area (Å²) in [5.41, 5.74) is 0.391. The lowest BCUT2D eigenvalue weighted by atomic mass is 10.3. The first-order chi connectivity index (χ1) is 12.6. The van der Waals surface area contributed by atoms with Crippen LogP contribution >= 0.6 is 0 Å². The first kappa shape index (κ1) is 18.0. The Bertz CT molecular complexity index is 716. The van der Waals surface area contributed by atoms with E-state index in [0.29, 0.717) is 18.2 Å². The number of carbonyl (C=O) groups is 1. The highest BCUT2D eigenvalue weighted by molar-refractivity contribution is 5.92. The van der Waals surface area contributed by atoms with Crippen LogP contribution in [-0.2, 0) is 0 Å². The molecule has 2 aromatic rings. The van der Waals surface area contributed by atoms with Crippen molar-refractivity contribution in [2.24, 2.45) is 0 Å². The minimum absolute atomic E-state index is 0.174. The van der Waals surface area contributed by atoms with Crippen molar-refractivity contribution >= 4 is 17.8 Å². The van der Waals surface area contributed by atoms with Gasteiger partial charge in [0.15, 0.2) is 0 Å². The molecule has 2 aromatic heterocycles. The molecular weight excluding hydrogens is 332 g/mol. The van der Waals surface area contributed by atoms with Gasteiger partial charge < -0.3 is 20.0 Å². The zero-order valence-corrected chi connectivity index (χ0v) is 15.2. The lowest BCUT2D eigenvalue weighted by Crippen LogP contribution is -2.47. The topological polar surface area (TPSA) is 90.4 Å². The Hall–Kier alpha value is -2.81. The molecule has 0 radical (unpaired) electrons. The molecule has 1 aliphatic heterocycles. The largest absolute Gasteiger partial charge is 0.349 e. The maximum absolute atomic E-state index is 12.2. The van der Waals surface area contributed by atoms with Gasteiger partial charge in [0.1, 0.15) is 5.69 Å². The molecule has 0 unspecified atom stereocenters. The monoisotopic (exact) mass is 356 g/mol. The van der Waals surface area contributed by atoms with Crippen LogP contribution in [0.2, 0.25) is 0 Å². The number of carbonyl (C=O) groups excluding carboxylic acids is 1. The third kappa shape index (κ3) is 4.63. The standard InChI is InChI=1S/C17H24N8O/c1-23(2)9-8-18-15(26)14-4-7-21-17(22-14)25-12-10-24(11-13-25)16-19-5-3-6-20-16/h3-7H,8-13H2,1-2H3,(H,18,26). The first-order valence-corrected chi connectivity index (χ1v) is 8.66. The second-order valence-corrected chi connectivity index (χ2v) is 6.32. The van der Waals surface area contributed by atoms with Gasteiger partial charge in [0, 0.05) is 57.9 Å². The summed E-state index contributed by atoms with van der Waals surface area (Å²) in [6.45, 7) is 4.45. The van der Waals surface area contributed by atoms with Gasteiger partial charge in [0.25, 0.3) is 5.91 Å². The van der Waals surface area contributed by atoms with E-state index in [-0.39, 0.29) is 5.91 Å². The molecule has 1 amide bonds. The Balaban J connectivity index is 1.58. The molecule has 0 atom stereocenters. The molecule has 1 saturated heterocycles. The molecule has 1 aliphatic rings. The number of hydrogen-bond donors (Lipinski definition) is 1. The van der Waals surface area contributed by atoms with Crippen molar-refractivity contribution in [1.29, 1.82) is 0 Å². The number of aromatic nitrogens is 4. The van der Waals surface area contributed by atoms with Gasteiger partial charge in [-0.25, -0.2) is 19.9 Å². The van der Waals surface area contributed by atoms with Crippen LogP contribution in [0.4, 0.5) is 11.9 Å². The minimum atomic E-state index is -0.174. The van der Waals surface area contributed by atoms with Crippen LogP contribution in [0.25, 0.3) is 0 Å². The molecule has 1 fully saturated rings. The van der Waals surface area contributed by atoms with Crippen molar-refractivity contribution in [2.45, 2.75) is 0 Å². The Labute approximate surface area is 153 Å².